The first kappa shape index (κ1) is 14.0. The zero-order chi connectivity index (χ0) is 15.6. The molecule has 2 aromatic heterocycles. The third-order valence-electron chi connectivity index (χ3n) is 4.49. The summed E-state index contributed by atoms with van der Waals surface area (Å²) in [5.74, 6) is 0.307. The molecule has 0 bridgehead atoms. The van der Waals surface area contributed by atoms with E-state index in [4.69, 9.17) is 4.42 Å². The molecular formula is C18H17N3O2. The average Bonchev–Trinajstić information content (AvgIpc) is 3.26. The lowest BCUT2D eigenvalue weighted by Crippen LogP contribution is -2.36. The van der Waals surface area contributed by atoms with Gasteiger partial charge in [0, 0.05) is 18.7 Å². The van der Waals surface area contributed by atoms with Crippen LogP contribution in [-0.4, -0.2) is 33.7 Å². The van der Waals surface area contributed by atoms with Gasteiger partial charge in [-0.3, -0.25) is 9.69 Å². The minimum atomic E-state index is 0.0278. The predicted molar refractivity (Wildman–Crippen MR) is 84.8 cm³/mol. The maximum atomic E-state index is 12.3. The summed E-state index contributed by atoms with van der Waals surface area (Å²) in [6, 6.07) is 9.38. The average molecular weight is 307 g/mol. The summed E-state index contributed by atoms with van der Waals surface area (Å²) >= 11 is 0. The fraction of sp³-hybridized carbons (Fsp3) is 0.333. The van der Waals surface area contributed by atoms with Crippen LogP contribution < -0.4 is 0 Å². The van der Waals surface area contributed by atoms with Crippen LogP contribution in [0.1, 0.15) is 29.1 Å². The van der Waals surface area contributed by atoms with Crippen molar-refractivity contribution in [1.82, 2.24) is 14.9 Å². The number of nitrogens with one attached hydrogen (secondary N) is 1. The number of aromatic nitrogens is 2. The highest BCUT2D eigenvalue weighted by Gasteiger charge is 2.28. The number of aromatic amines is 1. The molecular weight excluding hydrogens is 290 g/mol. The minimum absolute atomic E-state index is 0.0278. The first-order valence-electron chi connectivity index (χ1n) is 7.85. The topological polar surface area (TPSA) is 62.1 Å². The number of H-pyrrole nitrogens is 1. The van der Waals surface area contributed by atoms with Crippen LogP contribution in [0.3, 0.4) is 0 Å². The summed E-state index contributed by atoms with van der Waals surface area (Å²) in [7, 11) is 0. The molecule has 4 rings (SSSR count). The summed E-state index contributed by atoms with van der Waals surface area (Å²) in [5.41, 5.74) is 2.33. The molecule has 0 saturated carbocycles. The van der Waals surface area contributed by atoms with E-state index in [1.807, 2.05) is 0 Å². The fourth-order valence-electron chi connectivity index (χ4n) is 3.20. The lowest BCUT2D eigenvalue weighted by molar-refractivity contribution is 0.0799. The number of carbonyl (C=O) groups excluding carboxylic acids is 1. The first-order chi connectivity index (χ1) is 11.3. The second-order valence-corrected chi connectivity index (χ2v) is 6.01. The molecule has 23 heavy (non-hydrogen) atoms. The molecule has 1 aromatic carbocycles. The van der Waals surface area contributed by atoms with Crippen LogP contribution >= 0.6 is 0 Å². The van der Waals surface area contributed by atoms with Crippen LogP contribution in [0.5, 0.6) is 0 Å². The summed E-state index contributed by atoms with van der Waals surface area (Å²) in [4.78, 5) is 21.7. The molecule has 1 aliphatic heterocycles. The highest BCUT2D eigenvalue weighted by molar-refractivity contribution is 5.93. The van der Waals surface area contributed by atoms with Crippen LogP contribution in [0.25, 0.3) is 10.9 Å². The van der Waals surface area contributed by atoms with E-state index in [1.54, 1.807) is 0 Å². The van der Waals surface area contributed by atoms with Crippen molar-refractivity contribution in [2.75, 3.05) is 13.1 Å². The van der Waals surface area contributed by atoms with Crippen molar-refractivity contribution < 1.29 is 9.21 Å². The molecule has 0 aliphatic carbocycles. The van der Waals surface area contributed by atoms with Crippen molar-refractivity contribution in [3.63, 3.8) is 0 Å². The Kier molecular flexibility index (Phi) is 3.60. The number of hydrogen-bond acceptors (Lipinski definition) is 4. The van der Waals surface area contributed by atoms with Gasteiger partial charge in [0.2, 0.25) is 5.78 Å². The number of nitrogens with zero attached hydrogens (tertiary/aromatic N) is 2. The molecule has 5 heteroatoms. The second kappa shape index (κ2) is 5.90. The van der Waals surface area contributed by atoms with E-state index in [9.17, 15) is 4.79 Å². The van der Waals surface area contributed by atoms with Gasteiger partial charge in [-0.25, -0.2) is 4.98 Å². The lowest BCUT2D eigenvalue weighted by Gasteiger charge is -2.30. The number of piperidine rings is 1. The Hall–Kier alpha value is -2.58. The molecule has 1 fully saturated rings. The van der Waals surface area contributed by atoms with Gasteiger partial charge < -0.3 is 9.40 Å². The number of likely N-dealkylation sites (tertiary alicyclic amines) is 1. The van der Waals surface area contributed by atoms with E-state index in [0.29, 0.717) is 0 Å². The number of oxazole rings is 1. The fourth-order valence-corrected chi connectivity index (χ4v) is 3.20. The Bertz CT molecular complexity index is 799. The standard InChI is InChI=1S/C18H17N3O2/c22-17(18-20-7-10-23-18)15-4-8-21(9-5-15)12-13-1-2-14-3-6-19-16(14)11-13/h1-2,7,10-11,15,19H,4-5,8-9,12H2. The number of fused-ring (bicyclic) bond motifs is 1. The van der Waals surface area contributed by atoms with E-state index >= 15 is 0 Å². The monoisotopic (exact) mass is 307 g/mol. The molecule has 0 radical (unpaired) electrons. The smallest absolute Gasteiger partial charge is 0.263 e. The molecule has 0 atom stereocenters. The summed E-state index contributed by atoms with van der Waals surface area (Å²) < 4.78 is 5.12. The third-order valence-corrected chi connectivity index (χ3v) is 4.49. The maximum Gasteiger partial charge on any atom is 0.263 e. The molecule has 116 valence electrons. The zero-order valence-corrected chi connectivity index (χ0v) is 12.7. The Morgan fingerprint density at radius 2 is 2.26 bits per heavy atom. The molecule has 1 saturated heterocycles. The summed E-state index contributed by atoms with van der Waals surface area (Å²) in [6.07, 6.45) is 7.57. The highest BCUT2D eigenvalue weighted by atomic mass is 16.3. The van der Waals surface area contributed by atoms with Crippen LogP contribution in [-0.2, 0) is 6.54 Å². The maximum absolute atomic E-state index is 12.3. The molecule has 3 heterocycles. The van der Waals surface area contributed by atoms with E-state index in [-0.39, 0.29) is 17.6 Å². The molecule has 1 aliphatic rings. The van der Waals surface area contributed by atoms with Crippen LogP contribution in [0.4, 0.5) is 0 Å². The van der Waals surface area contributed by atoms with E-state index in [1.165, 1.54) is 18.0 Å². The number of carbonyl (C=O) groups is 1. The van der Waals surface area contributed by atoms with E-state index < -0.39 is 0 Å². The first-order valence-corrected chi connectivity index (χ1v) is 7.85. The largest absolute Gasteiger partial charge is 0.442 e. The Morgan fingerprint density at radius 3 is 3.04 bits per heavy atom. The van der Waals surface area contributed by atoms with Gasteiger partial charge in [0.05, 0.1) is 17.1 Å². The minimum Gasteiger partial charge on any atom is -0.442 e. The molecule has 0 amide bonds. The summed E-state index contributed by atoms with van der Waals surface area (Å²) in [5, 5.41) is 1.06. The normalized spacial score (nSPS) is 16.5. The van der Waals surface area contributed by atoms with Gasteiger partial charge in [0.1, 0.15) is 6.26 Å². The Balaban J connectivity index is 1.37. The van der Waals surface area contributed by atoms with E-state index in [0.717, 1.165) is 43.4 Å². The zero-order valence-electron chi connectivity index (χ0n) is 12.7. The van der Waals surface area contributed by atoms with Crippen molar-refractivity contribution in [2.24, 2.45) is 5.92 Å². The molecule has 3 aromatic rings. The van der Waals surface area contributed by atoms with Gasteiger partial charge in [-0.1, -0.05) is 6.07 Å². The van der Waals surface area contributed by atoms with Gasteiger partial charge in [-0.05, 0) is 49.7 Å². The van der Waals surface area contributed by atoms with Crippen LogP contribution in [0, 0.1) is 18.2 Å². The van der Waals surface area contributed by atoms with E-state index in [2.05, 4.69) is 45.3 Å². The molecule has 0 spiro atoms. The third kappa shape index (κ3) is 2.86. The quantitative estimate of drug-likeness (QED) is 0.753. The Labute approximate surface area is 134 Å². The number of ketones is 1. The van der Waals surface area contributed by atoms with Gasteiger partial charge in [0.15, 0.2) is 0 Å². The van der Waals surface area contributed by atoms with Crippen LogP contribution in [0.2, 0.25) is 0 Å². The number of Topliss-reactive ketones (excluding diaryl/α,β-unsaturated/α-hetero) is 1. The predicted octanol–water partition coefficient (Wildman–Crippen LogP) is 2.85. The summed E-state index contributed by atoms with van der Waals surface area (Å²) in [6.45, 7) is 2.73. The van der Waals surface area contributed by atoms with Gasteiger partial charge in [-0.2, -0.15) is 0 Å². The Morgan fingerprint density at radius 1 is 1.39 bits per heavy atom. The lowest BCUT2D eigenvalue weighted by atomic mass is 9.92. The van der Waals surface area contributed by atoms with Crippen molar-refractivity contribution in [2.45, 2.75) is 19.4 Å². The SMILES string of the molecule is O=C(c1ncco1)C1CCN(Cc2ccc3c#c[nH]c3c2)CC1. The number of hydrogen-bond donors (Lipinski definition) is 1. The van der Waals surface area contributed by atoms with Gasteiger partial charge in [0.25, 0.3) is 5.89 Å². The van der Waals surface area contributed by atoms with Crippen molar-refractivity contribution in [3.8, 4) is 0 Å². The van der Waals surface area contributed by atoms with Gasteiger partial charge >= 0.3 is 0 Å². The molecule has 0 unspecified atom stereocenters. The number of rotatable bonds is 4. The van der Waals surface area contributed by atoms with Crippen molar-refractivity contribution in [1.29, 1.82) is 0 Å². The second-order valence-electron chi connectivity index (χ2n) is 6.01. The molecule has 5 nitrogen and oxygen atoms in total. The van der Waals surface area contributed by atoms with Crippen molar-refractivity contribution >= 4 is 16.7 Å². The van der Waals surface area contributed by atoms with Crippen molar-refractivity contribution in [3.05, 3.63) is 54.4 Å². The highest BCUT2D eigenvalue weighted by Crippen LogP contribution is 2.23. The van der Waals surface area contributed by atoms with Gasteiger partial charge in [-0.15, -0.1) is 0 Å². The van der Waals surface area contributed by atoms with Crippen LogP contribution in [0.15, 0.2) is 35.1 Å². The molecule has 1 N–H and O–H groups in total. The number of benzene rings is 1.